The van der Waals surface area contributed by atoms with Gasteiger partial charge in [-0.2, -0.15) is 0 Å². The van der Waals surface area contributed by atoms with Gasteiger partial charge < -0.3 is 10.1 Å². The zero-order valence-electron chi connectivity index (χ0n) is 12.2. The number of rotatable bonds is 6. The molecule has 0 amide bonds. The van der Waals surface area contributed by atoms with Crippen molar-refractivity contribution in [3.63, 3.8) is 0 Å². The van der Waals surface area contributed by atoms with Gasteiger partial charge in [-0.1, -0.05) is 19.1 Å². The fraction of sp³-hybridized carbons (Fsp3) is 0.294. The highest BCUT2D eigenvalue weighted by molar-refractivity contribution is 5.65. The van der Waals surface area contributed by atoms with E-state index in [0.717, 1.165) is 35.9 Å². The predicted molar refractivity (Wildman–Crippen MR) is 80.3 cm³/mol. The minimum atomic E-state index is -0.839. The molecule has 1 N–H and O–H groups in total. The quantitative estimate of drug-likeness (QED) is 0.808. The molecular weight excluding hydrogens is 272 g/mol. The Morgan fingerprint density at radius 3 is 2.38 bits per heavy atom. The van der Waals surface area contributed by atoms with Crippen molar-refractivity contribution in [2.24, 2.45) is 0 Å². The highest BCUT2D eigenvalue weighted by Gasteiger charge is 2.08. The number of ether oxygens (including phenoxy) is 1. The molecule has 2 rings (SSSR count). The Bertz CT molecular complexity index is 614. The second-order valence-electron chi connectivity index (χ2n) is 4.83. The van der Waals surface area contributed by atoms with Crippen LogP contribution in [0.15, 0.2) is 36.4 Å². The van der Waals surface area contributed by atoms with E-state index in [-0.39, 0.29) is 0 Å². The van der Waals surface area contributed by atoms with Crippen LogP contribution in [0.5, 0.6) is 5.75 Å². The van der Waals surface area contributed by atoms with Crippen molar-refractivity contribution in [1.29, 1.82) is 0 Å². The van der Waals surface area contributed by atoms with Crippen LogP contribution < -0.4 is 10.1 Å². The monoisotopic (exact) mass is 291 g/mol. The summed E-state index contributed by atoms with van der Waals surface area (Å²) in [5.41, 5.74) is 2.48. The third-order valence-corrected chi connectivity index (χ3v) is 3.28. The summed E-state index contributed by atoms with van der Waals surface area (Å²) >= 11 is 0. The van der Waals surface area contributed by atoms with E-state index in [2.05, 4.69) is 12.2 Å². The summed E-state index contributed by atoms with van der Waals surface area (Å²) < 4.78 is 31.7. The van der Waals surface area contributed by atoms with Crippen LogP contribution >= 0.6 is 0 Å². The van der Waals surface area contributed by atoms with Crippen LogP contribution in [0.2, 0.25) is 0 Å². The molecule has 2 nitrogen and oxygen atoms in total. The predicted octanol–water partition coefficient (Wildman–Crippen LogP) is 4.14. The van der Waals surface area contributed by atoms with Gasteiger partial charge in [0.1, 0.15) is 5.75 Å². The summed E-state index contributed by atoms with van der Waals surface area (Å²) in [4.78, 5) is 0. The summed E-state index contributed by atoms with van der Waals surface area (Å²) in [6.07, 6.45) is 1.05. The highest BCUT2D eigenvalue weighted by atomic mass is 19.2. The topological polar surface area (TPSA) is 21.3 Å². The van der Waals surface area contributed by atoms with E-state index in [1.165, 1.54) is 6.07 Å². The average Bonchev–Trinajstić information content (AvgIpc) is 2.50. The molecule has 0 saturated carbocycles. The molecule has 0 fully saturated rings. The maximum atomic E-state index is 13.3. The molecule has 112 valence electrons. The Kier molecular flexibility index (Phi) is 5.28. The number of benzene rings is 2. The minimum Gasteiger partial charge on any atom is -0.496 e. The first kappa shape index (κ1) is 15.4. The van der Waals surface area contributed by atoms with Crippen LogP contribution in [-0.2, 0) is 6.54 Å². The second kappa shape index (κ2) is 7.18. The summed E-state index contributed by atoms with van der Waals surface area (Å²) in [6.45, 7) is 3.69. The van der Waals surface area contributed by atoms with Crippen LogP contribution in [0.25, 0.3) is 11.1 Å². The van der Waals surface area contributed by atoms with Gasteiger partial charge in [0, 0.05) is 12.1 Å². The van der Waals surface area contributed by atoms with Gasteiger partial charge in [-0.3, -0.25) is 0 Å². The van der Waals surface area contributed by atoms with Gasteiger partial charge in [0.05, 0.1) is 7.11 Å². The molecule has 0 heterocycles. The van der Waals surface area contributed by atoms with Crippen LogP contribution in [0.1, 0.15) is 18.9 Å². The van der Waals surface area contributed by atoms with Crippen LogP contribution in [0, 0.1) is 11.6 Å². The van der Waals surface area contributed by atoms with Crippen molar-refractivity contribution in [2.45, 2.75) is 19.9 Å². The van der Waals surface area contributed by atoms with E-state index in [0.29, 0.717) is 12.1 Å². The fourth-order valence-corrected chi connectivity index (χ4v) is 2.17. The lowest BCUT2D eigenvalue weighted by atomic mass is 10.0. The van der Waals surface area contributed by atoms with Gasteiger partial charge in [0.15, 0.2) is 11.6 Å². The van der Waals surface area contributed by atoms with Gasteiger partial charge in [-0.25, -0.2) is 8.78 Å². The maximum absolute atomic E-state index is 13.3. The van der Waals surface area contributed by atoms with Crippen molar-refractivity contribution in [1.82, 2.24) is 5.32 Å². The van der Waals surface area contributed by atoms with Crippen molar-refractivity contribution in [2.75, 3.05) is 13.7 Å². The lowest BCUT2D eigenvalue weighted by molar-refractivity contribution is 0.408. The molecule has 0 aliphatic heterocycles. The molecule has 2 aromatic carbocycles. The second-order valence-corrected chi connectivity index (χ2v) is 4.83. The van der Waals surface area contributed by atoms with E-state index in [4.69, 9.17) is 4.74 Å². The molecule has 2 aromatic rings. The lowest BCUT2D eigenvalue weighted by Gasteiger charge is -2.12. The largest absolute Gasteiger partial charge is 0.496 e. The average molecular weight is 291 g/mol. The van der Waals surface area contributed by atoms with Crippen molar-refractivity contribution >= 4 is 0 Å². The van der Waals surface area contributed by atoms with E-state index < -0.39 is 11.6 Å². The fourth-order valence-electron chi connectivity index (χ4n) is 2.17. The number of hydrogen-bond donors (Lipinski definition) is 1. The number of methoxy groups -OCH3 is 1. The smallest absolute Gasteiger partial charge is 0.159 e. The van der Waals surface area contributed by atoms with Crippen LogP contribution in [0.3, 0.4) is 0 Å². The first-order chi connectivity index (χ1) is 10.2. The van der Waals surface area contributed by atoms with Crippen molar-refractivity contribution in [3.05, 3.63) is 53.6 Å². The Labute approximate surface area is 123 Å². The zero-order chi connectivity index (χ0) is 15.2. The molecule has 4 heteroatoms. The van der Waals surface area contributed by atoms with Crippen molar-refractivity contribution in [3.8, 4) is 16.9 Å². The van der Waals surface area contributed by atoms with Gasteiger partial charge in [0.2, 0.25) is 0 Å². The normalized spacial score (nSPS) is 10.7. The third kappa shape index (κ3) is 3.79. The third-order valence-electron chi connectivity index (χ3n) is 3.28. The SMILES string of the molecule is CCCNCc1cc(-c2ccc(F)c(F)c2)ccc1OC. The molecule has 0 bridgehead atoms. The molecule has 0 aliphatic rings. The van der Waals surface area contributed by atoms with Crippen LogP contribution in [-0.4, -0.2) is 13.7 Å². The molecule has 0 radical (unpaired) electrons. The summed E-state index contributed by atoms with van der Waals surface area (Å²) in [7, 11) is 1.62. The first-order valence-corrected chi connectivity index (χ1v) is 6.98. The summed E-state index contributed by atoms with van der Waals surface area (Å²) in [5, 5.41) is 3.31. The van der Waals surface area contributed by atoms with Gasteiger partial charge in [-0.05, 0) is 48.4 Å². The summed E-state index contributed by atoms with van der Waals surface area (Å²) in [6, 6.07) is 9.55. The van der Waals surface area contributed by atoms with Gasteiger partial charge in [-0.15, -0.1) is 0 Å². The Hall–Kier alpha value is -1.94. The maximum Gasteiger partial charge on any atom is 0.159 e. The molecular formula is C17H19F2NO. The van der Waals surface area contributed by atoms with E-state index in [1.54, 1.807) is 13.2 Å². The summed E-state index contributed by atoms with van der Waals surface area (Å²) in [5.74, 6) is -0.893. The van der Waals surface area contributed by atoms with E-state index >= 15 is 0 Å². The van der Waals surface area contributed by atoms with E-state index in [1.807, 2.05) is 18.2 Å². The number of nitrogens with one attached hydrogen (secondary N) is 1. The molecule has 0 unspecified atom stereocenters. The number of halogens is 2. The Morgan fingerprint density at radius 2 is 1.71 bits per heavy atom. The van der Waals surface area contributed by atoms with Gasteiger partial charge in [0.25, 0.3) is 0 Å². The van der Waals surface area contributed by atoms with Gasteiger partial charge >= 0.3 is 0 Å². The molecule has 0 saturated heterocycles. The van der Waals surface area contributed by atoms with Crippen LogP contribution in [0.4, 0.5) is 8.78 Å². The zero-order valence-corrected chi connectivity index (χ0v) is 12.2. The highest BCUT2D eigenvalue weighted by Crippen LogP contribution is 2.27. The molecule has 0 aromatic heterocycles. The Morgan fingerprint density at radius 1 is 1.00 bits per heavy atom. The molecule has 0 atom stereocenters. The first-order valence-electron chi connectivity index (χ1n) is 6.98. The Balaban J connectivity index is 2.31. The molecule has 0 spiro atoms. The molecule has 21 heavy (non-hydrogen) atoms. The van der Waals surface area contributed by atoms with E-state index in [9.17, 15) is 8.78 Å². The minimum absolute atomic E-state index is 0.647. The standard InChI is InChI=1S/C17H19F2NO/c1-3-8-20-11-14-9-12(5-7-17(14)21-2)13-4-6-15(18)16(19)10-13/h4-7,9-10,20H,3,8,11H2,1-2H3. The number of hydrogen-bond acceptors (Lipinski definition) is 2. The lowest BCUT2D eigenvalue weighted by Crippen LogP contribution is -2.14. The molecule has 0 aliphatic carbocycles. The van der Waals surface area contributed by atoms with Crippen molar-refractivity contribution < 1.29 is 13.5 Å².